The van der Waals surface area contributed by atoms with Crippen LogP contribution in [-0.2, 0) is 25.8 Å². The molecule has 6 nitrogen and oxygen atoms in total. The van der Waals surface area contributed by atoms with Gasteiger partial charge in [-0.2, -0.15) is 8.42 Å². The SMILES string of the molecule is C[C@H]1CC[C@H]2C(=CC(=O)CC2(C)C)[C@@]1(C)CC[C@H](CCCc1ccoc1)COS(=O)(=O)O. The van der Waals surface area contributed by atoms with Gasteiger partial charge >= 0.3 is 10.4 Å². The summed E-state index contributed by atoms with van der Waals surface area (Å²) in [7, 11) is -4.47. The summed E-state index contributed by atoms with van der Waals surface area (Å²) in [6.07, 6.45) is 12.3. The lowest BCUT2D eigenvalue weighted by Crippen LogP contribution is -2.44. The van der Waals surface area contributed by atoms with E-state index < -0.39 is 10.4 Å². The molecule has 1 aromatic rings. The van der Waals surface area contributed by atoms with Gasteiger partial charge in [-0.15, -0.1) is 0 Å². The van der Waals surface area contributed by atoms with E-state index in [0.717, 1.165) is 50.5 Å². The van der Waals surface area contributed by atoms with Crippen molar-refractivity contribution >= 4 is 16.2 Å². The second-order valence-corrected chi connectivity index (χ2v) is 11.9. The average Bonchev–Trinajstić information content (AvgIpc) is 3.19. The van der Waals surface area contributed by atoms with Crippen molar-refractivity contribution in [2.45, 2.75) is 79.1 Å². The highest BCUT2D eigenvalue weighted by Gasteiger charge is 2.49. The third-order valence-electron chi connectivity index (χ3n) is 8.08. The molecular formula is C25H38O6S. The van der Waals surface area contributed by atoms with Crippen LogP contribution in [0.1, 0.15) is 78.2 Å². The topological polar surface area (TPSA) is 93.8 Å². The summed E-state index contributed by atoms with van der Waals surface area (Å²) >= 11 is 0. The van der Waals surface area contributed by atoms with Crippen LogP contribution in [0.3, 0.4) is 0 Å². The first-order valence-corrected chi connectivity index (χ1v) is 13.1. The zero-order chi connectivity index (χ0) is 23.6. The van der Waals surface area contributed by atoms with Crippen LogP contribution in [0.15, 0.2) is 34.7 Å². The van der Waals surface area contributed by atoms with E-state index in [1.165, 1.54) is 5.57 Å². The predicted molar refractivity (Wildman–Crippen MR) is 123 cm³/mol. The number of rotatable bonds is 10. The van der Waals surface area contributed by atoms with Crippen LogP contribution in [0.4, 0.5) is 0 Å². The van der Waals surface area contributed by atoms with Crippen LogP contribution in [0, 0.1) is 28.6 Å². The molecule has 1 fully saturated rings. The Kier molecular flexibility index (Phi) is 7.73. The van der Waals surface area contributed by atoms with Gasteiger partial charge < -0.3 is 4.42 Å². The minimum atomic E-state index is -4.47. The first kappa shape index (κ1) is 25.2. The Morgan fingerprint density at radius 2 is 2.00 bits per heavy atom. The summed E-state index contributed by atoms with van der Waals surface area (Å²) in [5.41, 5.74) is 2.27. The van der Waals surface area contributed by atoms with Crippen molar-refractivity contribution < 1.29 is 26.4 Å². The molecule has 0 aromatic carbocycles. The predicted octanol–water partition coefficient (Wildman–Crippen LogP) is 5.80. The van der Waals surface area contributed by atoms with Crippen molar-refractivity contribution in [3.63, 3.8) is 0 Å². The summed E-state index contributed by atoms with van der Waals surface area (Å²) in [6.45, 7) is 8.93. The van der Waals surface area contributed by atoms with Crippen molar-refractivity contribution in [2.75, 3.05) is 6.61 Å². The number of furan rings is 1. The van der Waals surface area contributed by atoms with Gasteiger partial charge in [0.15, 0.2) is 5.78 Å². The van der Waals surface area contributed by atoms with E-state index >= 15 is 0 Å². The van der Waals surface area contributed by atoms with E-state index in [0.29, 0.717) is 18.3 Å². The van der Waals surface area contributed by atoms with E-state index in [4.69, 9.17) is 13.2 Å². The molecule has 7 heteroatoms. The quantitative estimate of drug-likeness (QED) is 0.438. The molecule has 0 bridgehead atoms. The van der Waals surface area contributed by atoms with Gasteiger partial charge in [0.05, 0.1) is 19.1 Å². The molecule has 1 aromatic heterocycles. The molecule has 1 heterocycles. The highest BCUT2D eigenvalue weighted by atomic mass is 32.3. The number of aryl methyl sites for hydroxylation is 1. The first-order valence-electron chi connectivity index (χ1n) is 11.8. The number of fused-ring (bicyclic) bond motifs is 1. The average molecular weight is 467 g/mol. The van der Waals surface area contributed by atoms with E-state index in [9.17, 15) is 13.2 Å². The second kappa shape index (κ2) is 9.82. The normalized spacial score (nSPS) is 28.8. The van der Waals surface area contributed by atoms with Gasteiger partial charge in [-0.1, -0.05) is 33.3 Å². The molecule has 0 unspecified atom stereocenters. The molecule has 3 rings (SSSR count). The highest BCUT2D eigenvalue weighted by molar-refractivity contribution is 7.80. The Labute approximate surface area is 192 Å². The molecule has 0 aliphatic heterocycles. The number of allylic oxidation sites excluding steroid dienone is 2. The molecule has 2 aliphatic carbocycles. The van der Waals surface area contributed by atoms with Crippen LogP contribution < -0.4 is 0 Å². The number of hydrogen-bond acceptors (Lipinski definition) is 5. The molecule has 1 saturated carbocycles. The fourth-order valence-corrected chi connectivity index (χ4v) is 6.23. The van der Waals surface area contributed by atoms with Crippen molar-refractivity contribution in [2.24, 2.45) is 28.6 Å². The van der Waals surface area contributed by atoms with Crippen LogP contribution in [-0.4, -0.2) is 25.4 Å². The summed E-state index contributed by atoms with van der Waals surface area (Å²) in [5, 5.41) is 0. The molecule has 0 radical (unpaired) electrons. The summed E-state index contributed by atoms with van der Waals surface area (Å²) < 4.78 is 41.4. The van der Waals surface area contributed by atoms with Crippen molar-refractivity contribution in [3.8, 4) is 0 Å². The smallest absolute Gasteiger partial charge is 0.397 e. The standard InChI is InChI=1S/C25H38O6S/c1-18-8-9-22-23(14-21(26)15-24(22,2)3)25(18,4)12-10-19(17-31-32(27,28)29)6-5-7-20-11-13-30-16-20/h11,13-14,16,18-19,22H,5-10,12,15,17H2,1-4H3,(H,27,28,29)/t18-,19-,22-,25-/m0/s1. The molecular weight excluding hydrogens is 428 g/mol. The third kappa shape index (κ3) is 6.12. The van der Waals surface area contributed by atoms with Gasteiger partial charge in [0, 0.05) is 6.42 Å². The van der Waals surface area contributed by atoms with Crippen LogP contribution in [0.2, 0.25) is 0 Å². The summed E-state index contributed by atoms with van der Waals surface area (Å²) in [6, 6.07) is 1.93. The number of hydrogen-bond donors (Lipinski definition) is 1. The summed E-state index contributed by atoms with van der Waals surface area (Å²) in [5.74, 6) is 1.07. The summed E-state index contributed by atoms with van der Waals surface area (Å²) in [4.78, 5) is 12.5. The van der Waals surface area contributed by atoms with Crippen LogP contribution >= 0.6 is 0 Å². The molecule has 180 valence electrons. The van der Waals surface area contributed by atoms with E-state index in [2.05, 4.69) is 27.7 Å². The monoisotopic (exact) mass is 466 g/mol. The number of carbonyl (C=O) groups is 1. The fraction of sp³-hybridized carbons (Fsp3) is 0.720. The van der Waals surface area contributed by atoms with Gasteiger partial charge in [0.1, 0.15) is 0 Å². The minimum absolute atomic E-state index is 0.00105. The molecule has 4 atom stereocenters. The maximum atomic E-state index is 12.5. The minimum Gasteiger partial charge on any atom is -0.472 e. The van der Waals surface area contributed by atoms with Crippen LogP contribution in [0.25, 0.3) is 0 Å². The van der Waals surface area contributed by atoms with E-state index in [1.54, 1.807) is 12.5 Å². The molecule has 0 amide bonds. The Morgan fingerprint density at radius 3 is 2.66 bits per heavy atom. The Morgan fingerprint density at radius 1 is 1.25 bits per heavy atom. The maximum Gasteiger partial charge on any atom is 0.397 e. The first-order chi connectivity index (χ1) is 14.9. The van der Waals surface area contributed by atoms with Gasteiger partial charge in [-0.25, -0.2) is 4.18 Å². The van der Waals surface area contributed by atoms with Crippen molar-refractivity contribution in [1.82, 2.24) is 0 Å². The molecule has 1 N–H and O–H groups in total. The zero-order valence-electron chi connectivity index (χ0n) is 19.8. The van der Waals surface area contributed by atoms with Crippen molar-refractivity contribution in [1.29, 1.82) is 0 Å². The lowest BCUT2D eigenvalue weighted by atomic mass is 9.52. The van der Waals surface area contributed by atoms with Crippen molar-refractivity contribution in [3.05, 3.63) is 35.8 Å². The third-order valence-corrected chi connectivity index (χ3v) is 8.52. The molecule has 2 aliphatic rings. The zero-order valence-corrected chi connectivity index (χ0v) is 20.6. The largest absolute Gasteiger partial charge is 0.472 e. The maximum absolute atomic E-state index is 12.5. The Bertz CT molecular complexity index is 914. The van der Waals surface area contributed by atoms with Gasteiger partial charge in [-0.05, 0) is 91.2 Å². The van der Waals surface area contributed by atoms with Gasteiger partial charge in [-0.3, -0.25) is 9.35 Å². The van der Waals surface area contributed by atoms with E-state index in [1.807, 2.05) is 12.1 Å². The Hall–Kier alpha value is -1.44. The molecule has 0 spiro atoms. The fourth-order valence-electron chi connectivity index (χ4n) is 5.86. The Balaban J connectivity index is 1.72. The molecule has 32 heavy (non-hydrogen) atoms. The number of ketones is 1. The van der Waals surface area contributed by atoms with Crippen LogP contribution in [0.5, 0.6) is 0 Å². The van der Waals surface area contributed by atoms with Gasteiger partial charge in [0.25, 0.3) is 0 Å². The number of carbonyl (C=O) groups excluding carboxylic acids is 1. The van der Waals surface area contributed by atoms with Gasteiger partial charge in [0.2, 0.25) is 0 Å². The molecule has 0 saturated heterocycles. The van der Waals surface area contributed by atoms with E-state index in [-0.39, 0.29) is 29.1 Å². The second-order valence-electron chi connectivity index (χ2n) is 10.8. The lowest BCUT2D eigenvalue weighted by molar-refractivity contribution is -0.118. The lowest BCUT2D eigenvalue weighted by Gasteiger charge is -2.53. The highest BCUT2D eigenvalue weighted by Crippen LogP contribution is 2.57.